The summed E-state index contributed by atoms with van der Waals surface area (Å²) in [4.78, 5) is 0. The van der Waals surface area contributed by atoms with E-state index in [2.05, 4.69) is 5.10 Å². The summed E-state index contributed by atoms with van der Waals surface area (Å²) in [5.74, 6) is -0.419. The first-order chi connectivity index (χ1) is 9.50. The van der Waals surface area contributed by atoms with E-state index in [-0.39, 0.29) is 21.5 Å². The highest BCUT2D eigenvalue weighted by Crippen LogP contribution is 2.37. The van der Waals surface area contributed by atoms with Crippen molar-refractivity contribution in [2.75, 3.05) is 0 Å². The van der Waals surface area contributed by atoms with E-state index in [0.717, 1.165) is 18.2 Å². The summed E-state index contributed by atoms with van der Waals surface area (Å²) in [6.07, 6.45) is -10.1. The van der Waals surface area contributed by atoms with Gasteiger partial charge in [-0.1, -0.05) is 11.6 Å². The molecule has 0 saturated carbocycles. The lowest BCUT2D eigenvalue weighted by atomic mass is 10.3. The van der Waals surface area contributed by atoms with Gasteiger partial charge in [-0.05, 0) is 18.2 Å². The Labute approximate surface area is 118 Å². The number of aromatic nitrogens is 2. The molecule has 0 saturated heterocycles. The fourth-order valence-corrected chi connectivity index (χ4v) is 1.72. The van der Waals surface area contributed by atoms with Gasteiger partial charge in [-0.3, -0.25) is 0 Å². The summed E-state index contributed by atoms with van der Waals surface area (Å²) >= 11 is 5.53. The van der Waals surface area contributed by atoms with Crippen LogP contribution in [0.15, 0.2) is 24.3 Å². The zero-order valence-electron chi connectivity index (χ0n) is 9.80. The quantitative estimate of drug-likeness (QED) is 0.793. The summed E-state index contributed by atoms with van der Waals surface area (Å²) < 4.78 is 76.0. The van der Waals surface area contributed by atoms with Crippen LogP contribution < -0.4 is 0 Å². The van der Waals surface area contributed by atoms with E-state index in [1.165, 1.54) is 0 Å². The zero-order chi connectivity index (χ0) is 16.0. The molecule has 0 atom stereocenters. The fourth-order valence-electron chi connectivity index (χ4n) is 1.55. The summed E-state index contributed by atoms with van der Waals surface area (Å²) in [7, 11) is 0. The highest BCUT2D eigenvalue weighted by Gasteiger charge is 2.42. The van der Waals surface area contributed by atoms with Crippen LogP contribution in [0.4, 0.5) is 26.3 Å². The van der Waals surface area contributed by atoms with Crippen LogP contribution in [0.3, 0.4) is 0 Å². The number of aromatic hydroxyl groups is 1. The van der Waals surface area contributed by atoms with Gasteiger partial charge in [0.25, 0.3) is 0 Å². The van der Waals surface area contributed by atoms with Gasteiger partial charge in [0.2, 0.25) is 0 Å². The number of halogens is 7. The number of rotatable bonds is 1. The minimum Gasteiger partial charge on any atom is -0.506 e. The molecular weight excluding hydrogens is 326 g/mol. The molecule has 1 aromatic carbocycles. The van der Waals surface area contributed by atoms with Crippen LogP contribution in [0.2, 0.25) is 5.02 Å². The normalized spacial score (nSPS) is 12.7. The minimum absolute atomic E-state index is 0.0775. The van der Waals surface area contributed by atoms with Crippen LogP contribution in [0, 0.1) is 0 Å². The van der Waals surface area contributed by atoms with Gasteiger partial charge in [-0.15, -0.1) is 0 Å². The Hall–Kier alpha value is -1.90. The molecule has 0 aliphatic heterocycles. The molecule has 0 radical (unpaired) electrons. The van der Waals surface area contributed by atoms with Crippen LogP contribution in [0.25, 0.3) is 5.69 Å². The van der Waals surface area contributed by atoms with Crippen molar-refractivity contribution in [3.05, 3.63) is 40.7 Å². The van der Waals surface area contributed by atoms with Crippen LogP contribution in [-0.2, 0) is 12.4 Å². The zero-order valence-corrected chi connectivity index (χ0v) is 10.6. The molecule has 0 fully saturated rings. The molecule has 0 bridgehead atoms. The smallest absolute Gasteiger partial charge is 0.435 e. The third kappa shape index (κ3) is 3.07. The van der Waals surface area contributed by atoms with E-state index in [0.29, 0.717) is 0 Å². The molecule has 1 aromatic heterocycles. The van der Waals surface area contributed by atoms with Crippen LogP contribution >= 0.6 is 11.6 Å². The summed E-state index contributed by atoms with van der Waals surface area (Å²) in [5, 5.41) is 11.8. The van der Waals surface area contributed by atoms with E-state index < -0.39 is 29.5 Å². The average Bonchev–Trinajstić information content (AvgIpc) is 2.77. The number of nitrogens with zero attached hydrogens (tertiary/aromatic N) is 2. The van der Waals surface area contributed by atoms with Gasteiger partial charge >= 0.3 is 12.4 Å². The lowest BCUT2D eigenvalue weighted by molar-refractivity contribution is -0.143. The molecular formula is C11H5ClF6N2O. The molecule has 0 unspecified atom stereocenters. The highest BCUT2D eigenvalue weighted by molar-refractivity contribution is 6.32. The second-order valence-corrected chi connectivity index (χ2v) is 4.37. The average molecular weight is 331 g/mol. The first-order valence-corrected chi connectivity index (χ1v) is 5.61. The lowest BCUT2D eigenvalue weighted by Crippen LogP contribution is -2.13. The Morgan fingerprint density at radius 2 is 1.62 bits per heavy atom. The largest absolute Gasteiger partial charge is 0.506 e. The highest BCUT2D eigenvalue weighted by atomic mass is 35.5. The molecule has 0 aliphatic rings. The summed E-state index contributed by atoms with van der Waals surface area (Å²) in [5.41, 5.74) is -3.64. The van der Waals surface area contributed by atoms with Gasteiger partial charge in [0.15, 0.2) is 5.69 Å². The molecule has 0 aliphatic carbocycles. The van der Waals surface area contributed by atoms with E-state index in [1.54, 1.807) is 0 Å². The maximum atomic E-state index is 12.8. The third-order valence-corrected chi connectivity index (χ3v) is 2.77. The van der Waals surface area contributed by atoms with Crippen LogP contribution in [0.5, 0.6) is 5.75 Å². The Balaban J connectivity index is 2.66. The van der Waals surface area contributed by atoms with Gasteiger partial charge in [0, 0.05) is 6.07 Å². The van der Waals surface area contributed by atoms with Crippen molar-refractivity contribution in [1.29, 1.82) is 0 Å². The maximum absolute atomic E-state index is 12.8. The molecule has 2 aromatic rings. The Bertz CT molecular complexity index is 676. The van der Waals surface area contributed by atoms with Crippen molar-refractivity contribution in [1.82, 2.24) is 9.78 Å². The van der Waals surface area contributed by atoms with Crippen molar-refractivity contribution in [3.63, 3.8) is 0 Å². The Morgan fingerprint density at radius 1 is 1.00 bits per heavy atom. The van der Waals surface area contributed by atoms with E-state index in [9.17, 15) is 31.4 Å². The van der Waals surface area contributed by atoms with Crippen LogP contribution in [-0.4, -0.2) is 14.9 Å². The topological polar surface area (TPSA) is 38.0 Å². The standard InChI is InChI=1S/C11H5ClF6N2O/c12-6-3-5(1-2-7(6)21)20-9(11(16,17)18)4-8(19-20)10(13,14)15/h1-4,21H. The van der Waals surface area contributed by atoms with Crippen LogP contribution in [0.1, 0.15) is 11.4 Å². The van der Waals surface area contributed by atoms with Crippen molar-refractivity contribution in [2.45, 2.75) is 12.4 Å². The van der Waals surface area contributed by atoms with Gasteiger partial charge in [-0.25, -0.2) is 4.68 Å². The minimum atomic E-state index is -5.04. The monoisotopic (exact) mass is 330 g/mol. The number of benzene rings is 1. The lowest BCUT2D eigenvalue weighted by Gasteiger charge is -2.10. The fraction of sp³-hybridized carbons (Fsp3) is 0.182. The summed E-state index contributed by atoms with van der Waals surface area (Å²) in [6, 6.07) is 2.69. The second-order valence-electron chi connectivity index (χ2n) is 3.96. The van der Waals surface area contributed by atoms with Crippen molar-refractivity contribution in [2.24, 2.45) is 0 Å². The number of alkyl halides is 6. The molecule has 1 heterocycles. The predicted octanol–water partition coefficient (Wildman–Crippen LogP) is 4.27. The molecule has 2 rings (SSSR count). The molecule has 114 valence electrons. The van der Waals surface area contributed by atoms with E-state index in [1.807, 2.05) is 0 Å². The third-order valence-electron chi connectivity index (χ3n) is 2.47. The predicted molar refractivity (Wildman–Crippen MR) is 60.2 cm³/mol. The molecule has 0 amide bonds. The van der Waals surface area contributed by atoms with Gasteiger partial charge in [0.1, 0.15) is 11.4 Å². The van der Waals surface area contributed by atoms with E-state index in [4.69, 9.17) is 11.6 Å². The molecule has 3 nitrogen and oxygen atoms in total. The maximum Gasteiger partial charge on any atom is 0.435 e. The van der Waals surface area contributed by atoms with E-state index >= 15 is 0 Å². The Morgan fingerprint density at radius 3 is 2.10 bits per heavy atom. The summed E-state index contributed by atoms with van der Waals surface area (Å²) in [6.45, 7) is 0. The van der Waals surface area contributed by atoms with Crippen molar-refractivity contribution >= 4 is 11.6 Å². The molecule has 1 N–H and O–H groups in total. The first kappa shape index (κ1) is 15.5. The number of hydrogen-bond acceptors (Lipinski definition) is 2. The van der Waals surface area contributed by atoms with Crippen molar-refractivity contribution < 1.29 is 31.4 Å². The Kier molecular flexibility index (Phi) is 3.56. The van der Waals surface area contributed by atoms with Crippen molar-refractivity contribution in [3.8, 4) is 11.4 Å². The van der Waals surface area contributed by atoms with Gasteiger partial charge < -0.3 is 5.11 Å². The van der Waals surface area contributed by atoms with Gasteiger partial charge in [0.05, 0.1) is 10.7 Å². The SMILES string of the molecule is Oc1ccc(-n2nc(C(F)(F)F)cc2C(F)(F)F)cc1Cl. The van der Waals surface area contributed by atoms with Gasteiger partial charge in [-0.2, -0.15) is 31.4 Å². The molecule has 0 spiro atoms. The number of phenols is 1. The first-order valence-electron chi connectivity index (χ1n) is 5.23. The molecule has 10 heteroatoms. The number of phenolic OH excluding ortho intramolecular Hbond substituents is 1. The molecule has 21 heavy (non-hydrogen) atoms. The second kappa shape index (κ2) is 4.83. The number of hydrogen-bond donors (Lipinski definition) is 1.